The van der Waals surface area contributed by atoms with Gasteiger partial charge in [-0.15, -0.1) is 0 Å². The third-order valence-electron chi connectivity index (χ3n) is 2.49. The average Bonchev–Trinajstić information content (AvgIpc) is 2.30. The average molecular weight is 257 g/mol. The zero-order chi connectivity index (χ0) is 13.1. The van der Waals surface area contributed by atoms with Crippen molar-refractivity contribution < 1.29 is 18.3 Å². The zero-order valence-electron chi connectivity index (χ0n) is 9.46. The van der Waals surface area contributed by atoms with E-state index in [1.807, 2.05) is 0 Å². The Balaban J connectivity index is 3.07. The molecule has 0 unspecified atom stereocenters. The van der Waals surface area contributed by atoms with Crippen molar-refractivity contribution in [1.82, 2.24) is 0 Å². The molecule has 6 heteroatoms. The van der Waals surface area contributed by atoms with Crippen LogP contribution in [0.25, 0.3) is 0 Å². The van der Waals surface area contributed by atoms with Crippen molar-refractivity contribution in [3.8, 4) is 0 Å². The van der Waals surface area contributed by atoms with Gasteiger partial charge in [-0.2, -0.15) is 0 Å². The number of hydrogen-bond donors (Lipinski definition) is 2. The van der Waals surface area contributed by atoms with Gasteiger partial charge in [-0.05, 0) is 24.3 Å². The number of benzene rings is 1. The Morgan fingerprint density at radius 3 is 2.29 bits per heavy atom. The summed E-state index contributed by atoms with van der Waals surface area (Å²) in [6, 6.07) is 5.93. The number of hydrogen-bond acceptors (Lipinski definition) is 5. The van der Waals surface area contributed by atoms with E-state index in [0.29, 0.717) is 5.69 Å². The van der Waals surface area contributed by atoms with Gasteiger partial charge in [-0.25, -0.2) is 8.42 Å². The van der Waals surface area contributed by atoms with Crippen LogP contribution in [0.5, 0.6) is 0 Å². The molecule has 0 radical (unpaired) electrons. The Labute approximate surface area is 100 Å². The largest absolute Gasteiger partial charge is 0.399 e. The number of aliphatic hydroxyl groups excluding tert-OH is 1. The molecular formula is C11H15NO4S. The summed E-state index contributed by atoms with van der Waals surface area (Å²) in [6.45, 7) is 0.730. The fraction of sp³-hybridized carbons (Fsp3) is 0.364. The minimum Gasteiger partial charge on any atom is -0.399 e. The molecule has 0 bridgehead atoms. The van der Waals surface area contributed by atoms with Crippen LogP contribution in [0, 0.1) is 0 Å². The third kappa shape index (κ3) is 3.04. The summed E-state index contributed by atoms with van der Waals surface area (Å²) in [5.41, 5.74) is 6.19. The van der Waals surface area contributed by atoms with Gasteiger partial charge in [0.25, 0.3) is 0 Å². The Hall–Kier alpha value is -1.40. The van der Waals surface area contributed by atoms with Crippen LogP contribution >= 0.6 is 0 Å². The molecule has 1 aromatic rings. The molecule has 94 valence electrons. The standard InChI is InChI=1S/C11H15NO4S/c1-2-17(15,16)10(7-13)11(14)8-3-5-9(12)6-4-8/h3-6,10,13H,2,7,12H2,1H3/t10-/m0/s1. The molecule has 0 aromatic heterocycles. The highest BCUT2D eigenvalue weighted by atomic mass is 32.2. The second-order valence-electron chi connectivity index (χ2n) is 3.61. The molecule has 0 aliphatic rings. The number of anilines is 1. The lowest BCUT2D eigenvalue weighted by Gasteiger charge is -2.12. The predicted molar refractivity (Wildman–Crippen MR) is 65.5 cm³/mol. The van der Waals surface area contributed by atoms with Gasteiger partial charge in [-0.1, -0.05) is 6.92 Å². The summed E-state index contributed by atoms with van der Waals surface area (Å²) in [5, 5.41) is 7.66. The van der Waals surface area contributed by atoms with Crippen LogP contribution in [-0.2, 0) is 9.84 Å². The first kappa shape index (κ1) is 13.7. The number of Topliss-reactive ketones (excluding diaryl/α,β-unsaturated/α-hetero) is 1. The Bertz CT molecular complexity index is 493. The fourth-order valence-electron chi connectivity index (χ4n) is 1.39. The smallest absolute Gasteiger partial charge is 0.183 e. The van der Waals surface area contributed by atoms with Crippen LogP contribution < -0.4 is 5.73 Å². The van der Waals surface area contributed by atoms with Crippen molar-refractivity contribution in [2.24, 2.45) is 0 Å². The quantitative estimate of drug-likeness (QED) is 0.582. The SMILES string of the molecule is CCS(=O)(=O)[C@@H](CO)C(=O)c1ccc(N)cc1. The summed E-state index contributed by atoms with van der Waals surface area (Å²) in [7, 11) is -3.60. The number of rotatable bonds is 5. The van der Waals surface area contributed by atoms with E-state index in [1.165, 1.54) is 31.2 Å². The maximum absolute atomic E-state index is 11.9. The first-order valence-corrected chi connectivity index (χ1v) is 6.86. The van der Waals surface area contributed by atoms with Crippen molar-refractivity contribution in [3.05, 3.63) is 29.8 Å². The van der Waals surface area contributed by atoms with Gasteiger partial charge in [0.15, 0.2) is 15.6 Å². The van der Waals surface area contributed by atoms with Crippen molar-refractivity contribution in [2.45, 2.75) is 12.2 Å². The summed E-state index contributed by atoms with van der Waals surface area (Å²) < 4.78 is 23.2. The summed E-state index contributed by atoms with van der Waals surface area (Å²) in [5.74, 6) is -0.784. The minimum atomic E-state index is -3.60. The minimum absolute atomic E-state index is 0.182. The molecule has 0 aliphatic carbocycles. The Kier molecular flexibility index (Phi) is 4.25. The molecule has 17 heavy (non-hydrogen) atoms. The van der Waals surface area contributed by atoms with Crippen LogP contribution in [0.4, 0.5) is 5.69 Å². The Morgan fingerprint density at radius 2 is 1.88 bits per heavy atom. The highest BCUT2D eigenvalue weighted by Crippen LogP contribution is 2.13. The number of carbonyl (C=O) groups is 1. The van der Waals surface area contributed by atoms with Crippen molar-refractivity contribution in [2.75, 3.05) is 18.1 Å². The molecule has 1 rings (SSSR count). The molecule has 3 N–H and O–H groups in total. The van der Waals surface area contributed by atoms with Crippen LogP contribution in [0.3, 0.4) is 0 Å². The normalized spacial score (nSPS) is 13.3. The molecular weight excluding hydrogens is 242 g/mol. The third-order valence-corrected chi connectivity index (χ3v) is 4.52. The number of ketones is 1. The van der Waals surface area contributed by atoms with Gasteiger partial charge in [-0.3, -0.25) is 4.79 Å². The van der Waals surface area contributed by atoms with Gasteiger partial charge in [0.2, 0.25) is 0 Å². The molecule has 0 fully saturated rings. The maximum atomic E-state index is 11.9. The molecule has 0 saturated carbocycles. The number of nitrogen functional groups attached to an aromatic ring is 1. The monoisotopic (exact) mass is 257 g/mol. The van der Waals surface area contributed by atoms with Gasteiger partial charge in [0, 0.05) is 17.0 Å². The Morgan fingerprint density at radius 1 is 1.35 bits per heavy atom. The first-order valence-electron chi connectivity index (χ1n) is 5.14. The van der Waals surface area contributed by atoms with Crippen LogP contribution in [0.15, 0.2) is 24.3 Å². The predicted octanol–water partition coefficient (Wildman–Crippen LogP) is 0.247. The van der Waals surface area contributed by atoms with Gasteiger partial charge in [0.05, 0.1) is 6.61 Å². The summed E-state index contributed by atoms with van der Waals surface area (Å²) in [6.07, 6.45) is 0. The van der Waals surface area contributed by atoms with Crippen molar-refractivity contribution in [3.63, 3.8) is 0 Å². The molecule has 0 heterocycles. The van der Waals surface area contributed by atoms with Crippen LogP contribution in [0.2, 0.25) is 0 Å². The highest BCUT2D eigenvalue weighted by Gasteiger charge is 2.30. The van der Waals surface area contributed by atoms with E-state index in [2.05, 4.69) is 0 Å². The van der Waals surface area contributed by atoms with Crippen molar-refractivity contribution >= 4 is 21.3 Å². The van der Waals surface area contributed by atoms with Gasteiger partial charge >= 0.3 is 0 Å². The summed E-state index contributed by atoms with van der Waals surface area (Å²) >= 11 is 0. The highest BCUT2D eigenvalue weighted by molar-refractivity contribution is 7.92. The molecule has 1 aromatic carbocycles. The van der Waals surface area contributed by atoms with E-state index < -0.39 is 27.5 Å². The number of aliphatic hydroxyl groups is 1. The number of sulfone groups is 1. The number of carbonyl (C=O) groups excluding carboxylic acids is 1. The van der Waals surface area contributed by atoms with E-state index in [-0.39, 0.29) is 11.3 Å². The first-order chi connectivity index (χ1) is 7.92. The number of nitrogens with two attached hydrogens (primary N) is 1. The van der Waals surface area contributed by atoms with Crippen LogP contribution in [0.1, 0.15) is 17.3 Å². The lowest BCUT2D eigenvalue weighted by Crippen LogP contribution is -2.35. The van der Waals surface area contributed by atoms with Crippen molar-refractivity contribution in [1.29, 1.82) is 0 Å². The second-order valence-corrected chi connectivity index (χ2v) is 6.08. The van der Waals surface area contributed by atoms with E-state index in [0.717, 1.165) is 0 Å². The molecule has 5 nitrogen and oxygen atoms in total. The van der Waals surface area contributed by atoms with Gasteiger partial charge in [0.1, 0.15) is 5.25 Å². The lowest BCUT2D eigenvalue weighted by molar-refractivity contribution is 0.0961. The second kappa shape index (κ2) is 5.29. The van der Waals surface area contributed by atoms with E-state index in [4.69, 9.17) is 10.8 Å². The lowest BCUT2D eigenvalue weighted by atomic mass is 10.1. The molecule has 0 amide bonds. The fourth-order valence-corrected chi connectivity index (χ4v) is 2.49. The topological polar surface area (TPSA) is 97.5 Å². The maximum Gasteiger partial charge on any atom is 0.183 e. The molecule has 0 saturated heterocycles. The van der Waals surface area contributed by atoms with E-state index in [1.54, 1.807) is 0 Å². The molecule has 1 atom stereocenters. The molecule has 0 spiro atoms. The summed E-state index contributed by atoms with van der Waals surface area (Å²) in [4.78, 5) is 11.9. The van der Waals surface area contributed by atoms with E-state index >= 15 is 0 Å². The zero-order valence-corrected chi connectivity index (χ0v) is 10.3. The van der Waals surface area contributed by atoms with E-state index in [9.17, 15) is 13.2 Å². The van der Waals surface area contributed by atoms with Gasteiger partial charge < -0.3 is 10.8 Å². The molecule has 0 aliphatic heterocycles. The van der Waals surface area contributed by atoms with Crippen LogP contribution in [-0.4, -0.2) is 36.9 Å².